The van der Waals surface area contributed by atoms with E-state index in [1.54, 1.807) is 5.57 Å². The average Bonchev–Trinajstić information content (AvgIpc) is 2.28. The lowest BCUT2D eigenvalue weighted by molar-refractivity contribution is -0.686. The van der Waals surface area contributed by atoms with Crippen LogP contribution in [0.25, 0.3) is 0 Å². The maximum atomic E-state index is 4.12. The van der Waals surface area contributed by atoms with E-state index in [1.807, 2.05) is 0 Å². The van der Waals surface area contributed by atoms with Gasteiger partial charge in [-0.15, -0.1) is 0 Å². The summed E-state index contributed by atoms with van der Waals surface area (Å²) in [5.74, 6) is 3.35. The van der Waals surface area contributed by atoms with E-state index in [9.17, 15) is 0 Å². The van der Waals surface area contributed by atoms with Gasteiger partial charge in [0.25, 0.3) is 0 Å². The molecule has 0 bridgehead atoms. The molecule has 0 unspecified atom stereocenters. The second-order valence-corrected chi connectivity index (χ2v) is 6.89. The van der Waals surface area contributed by atoms with E-state index in [2.05, 4.69) is 46.1 Å². The van der Waals surface area contributed by atoms with Gasteiger partial charge < -0.3 is 5.32 Å². The lowest BCUT2D eigenvalue weighted by Crippen LogP contribution is -2.93. The molecule has 0 aliphatic heterocycles. The molecule has 2 aliphatic carbocycles. The van der Waals surface area contributed by atoms with Crippen LogP contribution in [0.1, 0.15) is 53.4 Å². The minimum Gasteiger partial charge on any atom is -0.474 e. The summed E-state index contributed by atoms with van der Waals surface area (Å²) in [6.07, 6.45) is 7.99. The molecule has 0 spiro atoms. The van der Waals surface area contributed by atoms with Gasteiger partial charge in [-0.3, -0.25) is 0 Å². The highest BCUT2D eigenvalue weighted by Gasteiger charge is 2.47. The standard InChI is InChI=1S/C16H29N/c1-11(2)13-8-9-16(4,17-5)15-7-6-12(3)10-14(13)15/h10-11,13-15H,5-9,17H2,1-4H3/t13-,14-,15+,16+/m1/s1. The molecule has 0 aromatic rings. The molecule has 2 rings (SSSR count). The zero-order valence-electron chi connectivity index (χ0n) is 12.0. The summed E-state index contributed by atoms with van der Waals surface area (Å²) in [4.78, 5) is 0. The van der Waals surface area contributed by atoms with Gasteiger partial charge in [0.2, 0.25) is 0 Å². The molecule has 1 saturated carbocycles. The Morgan fingerprint density at radius 1 is 1.41 bits per heavy atom. The van der Waals surface area contributed by atoms with Crippen LogP contribution in [0.3, 0.4) is 0 Å². The molecular weight excluding hydrogens is 206 g/mol. The Morgan fingerprint density at radius 2 is 2.12 bits per heavy atom. The van der Waals surface area contributed by atoms with E-state index in [4.69, 9.17) is 0 Å². The van der Waals surface area contributed by atoms with Crippen molar-refractivity contribution in [2.45, 2.75) is 58.9 Å². The van der Waals surface area contributed by atoms with Crippen molar-refractivity contribution in [2.75, 3.05) is 0 Å². The van der Waals surface area contributed by atoms with Crippen molar-refractivity contribution in [3.8, 4) is 0 Å². The topological polar surface area (TPSA) is 16.6 Å². The van der Waals surface area contributed by atoms with Crippen LogP contribution in [0.4, 0.5) is 0 Å². The summed E-state index contributed by atoms with van der Waals surface area (Å²) < 4.78 is 0. The first-order valence-electron chi connectivity index (χ1n) is 7.29. The quantitative estimate of drug-likeness (QED) is 0.559. The van der Waals surface area contributed by atoms with E-state index < -0.39 is 0 Å². The fourth-order valence-corrected chi connectivity index (χ4v) is 4.18. The van der Waals surface area contributed by atoms with Gasteiger partial charge in [-0.05, 0) is 50.9 Å². The van der Waals surface area contributed by atoms with Crippen LogP contribution in [-0.4, -0.2) is 5.54 Å². The number of hydrogen-bond donors (Lipinski definition) is 1. The van der Waals surface area contributed by atoms with E-state index in [0.717, 1.165) is 23.7 Å². The zero-order valence-corrected chi connectivity index (χ0v) is 12.0. The Morgan fingerprint density at radius 3 is 2.71 bits per heavy atom. The van der Waals surface area contributed by atoms with E-state index in [0.29, 0.717) is 5.54 Å². The Labute approximate surface area is 107 Å². The summed E-state index contributed by atoms with van der Waals surface area (Å²) in [7, 11) is 4.12. The largest absolute Gasteiger partial charge is 0.474 e. The third-order valence-corrected chi connectivity index (χ3v) is 5.47. The van der Waals surface area contributed by atoms with Crippen LogP contribution in [0.2, 0.25) is 0 Å². The van der Waals surface area contributed by atoms with Crippen LogP contribution >= 0.6 is 0 Å². The van der Waals surface area contributed by atoms with E-state index >= 15 is 0 Å². The van der Waals surface area contributed by atoms with Crippen molar-refractivity contribution >= 4 is 0 Å². The molecule has 98 valence electrons. The summed E-state index contributed by atoms with van der Waals surface area (Å²) in [6, 6.07) is 0. The van der Waals surface area contributed by atoms with Gasteiger partial charge in [-0.1, -0.05) is 25.5 Å². The molecule has 1 fully saturated rings. The van der Waals surface area contributed by atoms with Crippen LogP contribution in [0.15, 0.2) is 11.6 Å². The highest BCUT2D eigenvalue weighted by molar-refractivity contribution is 5.13. The number of quaternary nitrogens is 1. The summed E-state index contributed by atoms with van der Waals surface area (Å²) in [6.45, 7) is 9.54. The molecule has 0 radical (unpaired) electrons. The molecule has 17 heavy (non-hydrogen) atoms. The van der Waals surface area contributed by atoms with Crippen molar-refractivity contribution in [2.24, 2.45) is 23.7 Å². The van der Waals surface area contributed by atoms with Gasteiger partial charge >= 0.3 is 0 Å². The van der Waals surface area contributed by atoms with Crippen molar-refractivity contribution in [1.29, 1.82) is 0 Å². The van der Waals surface area contributed by atoms with Gasteiger partial charge in [-0.25, -0.2) is 0 Å². The second-order valence-electron chi connectivity index (χ2n) is 6.89. The van der Waals surface area contributed by atoms with Crippen molar-refractivity contribution in [1.82, 2.24) is 0 Å². The Bertz CT molecular complexity index is 305. The minimum atomic E-state index is 0.382. The highest BCUT2D eigenvalue weighted by Crippen LogP contribution is 2.48. The molecule has 1 nitrogen and oxygen atoms in total. The second kappa shape index (κ2) is 4.76. The van der Waals surface area contributed by atoms with Gasteiger partial charge in [0.1, 0.15) is 0 Å². The summed E-state index contributed by atoms with van der Waals surface area (Å²) in [5.41, 5.74) is 2.00. The van der Waals surface area contributed by atoms with E-state index in [1.165, 1.54) is 25.7 Å². The zero-order chi connectivity index (χ0) is 12.6. The number of nitrogens with two attached hydrogens (primary N) is 1. The molecule has 0 amide bonds. The molecule has 0 aromatic heterocycles. The Balaban J connectivity index is 2.29. The van der Waals surface area contributed by atoms with Gasteiger partial charge in [0.15, 0.2) is 0 Å². The van der Waals surface area contributed by atoms with Crippen molar-refractivity contribution in [3.63, 3.8) is 0 Å². The molecule has 0 saturated heterocycles. The summed E-state index contributed by atoms with van der Waals surface area (Å²) >= 11 is 0. The third-order valence-electron chi connectivity index (χ3n) is 5.47. The Hall–Kier alpha value is -0.300. The number of rotatable bonds is 2. The molecule has 0 aromatic carbocycles. The molecule has 2 aliphatic rings. The predicted molar refractivity (Wildman–Crippen MR) is 73.2 cm³/mol. The SMILES string of the molecule is [CH2-][NH2+][C@@]1(C)CC[C@H](C(C)C)[C@H]2C=C(C)CC[C@@H]21. The number of allylic oxidation sites excluding steroid dienone is 2. The fraction of sp³-hybridized carbons (Fsp3) is 0.812. The summed E-state index contributed by atoms with van der Waals surface area (Å²) in [5, 5.41) is 2.25. The predicted octanol–water partition coefficient (Wildman–Crippen LogP) is 3.14. The maximum Gasteiger partial charge on any atom is 0.0729 e. The van der Waals surface area contributed by atoms with Crippen molar-refractivity contribution in [3.05, 3.63) is 18.7 Å². The molecular formula is C16H29N. The van der Waals surface area contributed by atoms with Crippen LogP contribution in [-0.2, 0) is 0 Å². The van der Waals surface area contributed by atoms with E-state index in [-0.39, 0.29) is 0 Å². The van der Waals surface area contributed by atoms with Gasteiger partial charge in [-0.2, -0.15) is 7.05 Å². The minimum absolute atomic E-state index is 0.382. The molecule has 1 heteroatoms. The van der Waals surface area contributed by atoms with Gasteiger partial charge in [0, 0.05) is 12.3 Å². The molecule has 0 heterocycles. The molecule has 2 N–H and O–H groups in total. The maximum absolute atomic E-state index is 4.12. The van der Waals surface area contributed by atoms with Crippen LogP contribution in [0.5, 0.6) is 0 Å². The highest BCUT2D eigenvalue weighted by atomic mass is 14.9. The first-order chi connectivity index (χ1) is 7.98. The monoisotopic (exact) mass is 235 g/mol. The average molecular weight is 235 g/mol. The number of fused-ring (bicyclic) bond motifs is 1. The van der Waals surface area contributed by atoms with Crippen LogP contribution < -0.4 is 5.32 Å². The van der Waals surface area contributed by atoms with Crippen LogP contribution in [0, 0.1) is 30.7 Å². The van der Waals surface area contributed by atoms with Crippen molar-refractivity contribution < 1.29 is 5.32 Å². The first-order valence-corrected chi connectivity index (χ1v) is 7.29. The number of hydrogen-bond acceptors (Lipinski definition) is 0. The normalized spacial score (nSPS) is 42.2. The van der Waals surface area contributed by atoms with Gasteiger partial charge in [0.05, 0.1) is 5.54 Å². The molecule has 4 atom stereocenters. The lowest BCUT2D eigenvalue weighted by Gasteiger charge is -2.51. The first kappa shape index (κ1) is 13.1. The fourth-order valence-electron chi connectivity index (χ4n) is 4.18. The Kier molecular flexibility index (Phi) is 3.68. The smallest absolute Gasteiger partial charge is 0.0729 e. The lowest BCUT2D eigenvalue weighted by atomic mass is 9.57. The third kappa shape index (κ3) is 2.31.